The SMILES string of the molecule is COc1cc(F)cc(N2CC(CS)CC2=O)c1. The first kappa shape index (κ1) is 12.2. The van der Waals surface area contributed by atoms with Gasteiger partial charge in [0.1, 0.15) is 11.6 Å². The van der Waals surface area contributed by atoms with Crippen LogP contribution in [0.15, 0.2) is 18.2 Å². The van der Waals surface area contributed by atoms with Crippen molar-refractivity contribution in [2.45, 2.75) is 6.42 Å². The second kappa shape index (κ2) is 4.96. The van der Waals surface area contributed by atoms with E-state index in [1.807, 2.05) is 0 Å². The third-order valence-electron chi connectivity index (χ3n) is 2.87. The van der Waals surface area contributed by atoms with Gasteiger partial charge in [-0.2, -0.15) is 12.6 Å². The van der Waals surface area contributed by atoms with Crippen molar-refractivity contribution in [1.29, 1.82) is 0 Å². The van der Waals surface area contributed by atoms with Gasteiger partial charge >= 0.3 is 0 Å². The molecule has 92 valence electrons. The van der Waals surface area contributed by atoms with E-state index >= 15 is 0 Å². The Kier molecular flexibility index (Phi) is 3.57. The molecule has 0 aromatic heterocycles. The summed E-state index contributed by atoms with van der Waals surface area (Å²) < 4.78 is 18.3. The molecule has 0 bridgehead atoms. The Morgan fingerprint density at radius 1 is 1.53 bits per heavy atom. The number of ether oxygens (including phenoxy) is 1. The van der Waals surface area contributed by atoms with Crippen LogP contribution in [0.25, 0.3) is 0 Å². The molecule has 0 saturated carbocycles. The molecule has 3 nitrogen and oxygen atoms in total. The normalized spacial score (nSPS) is 19.8. The summed E-state index contributed by atoms with van der Waals surface area (Å²) >= 11 is 4.19. The van der Waals surface area contributed by atoms with Crippen LogP contribution in [0.3, 0.4) is 0 Å². The highest BCUT2D eigenvalue weighted by atomic mass is 32.1. The molecule has 17 heavy (non-hydrogen) atoms. The lowest BCUT2D eigenvalue weighted by molar-refractivity contribution is -0.117. The summed E-state index contributed by atoms with van der Waals surface area (Å²) in [6.45, 7) is 0.592. The Balaban J connectivity index is 2.28. The third kappa shape index (κ3) is 2.54. The van der Waals surface area contributed by atoms with Crippen LogP contribution < -0.4 is 9.64 Å². The highest BCUT2D eigenvalue weighted by Gasteiger charge is 2.30. The van der Waals surface area contributed by atoms with Gasteiger partial charge in [0.2, 0.25) is 5.91 Å². The maximum absolute atomic E-state index is 13.3. The molecule has 1 aromatic carbocycles. The molecule has 0 radical (unpaired) electrons. The molecule has 1 aliphatic heterocycles. The van der Waals surface area contributed by atoms with Crippen molar-refractivity contribution in [3.05, 3.63) is 24.0 Å². The first-order chi connectivity index (χ1) is 8.13. The molecule has 0 N–H and O–H groups in total. The average Bonchev–Trinajstić information content (AvgIpc) is 2.69. The molecule has 1 amide bonds. The number of hydrogen-bond acceptors (Lipinski definition) is 3. The highest BCUT2D eigenvalue weighted by Crippen LogP contribution is 2.29. The smallest absolute Gasteiger partial charge is 0.227 e. The minimum Gasteiger partial charge on any atom is -0.497 e. The van der Waals surface area contributed by atoms with Crippen LogP contribution in [0.2, 0.25) is 0 Å². The van der Waals surface area contributed by atoms with Crippen LogP contribution in [0.1, 0.15) is 6.42 Å². The molecule has 2 rings (SSSR count). The highest BCUT2D eigenvalue weighted by molar-refractivity contribution is 7.80. The van der Waals surface area contributed by atoms with E-state index in [-0.39, 0.29) is 11.8 Å². The fraction of sp³-hybridized carbons (Fsp3) is 0.417. The quantitative estimate of drug-likeness (QED) is 0.838. The minimum absolute atomic E-state index is 0.0108. The summed E-state index contributed by atoms with van der Waals surface area (Å²) in [5.74, 6) is 0.926. The van der Waals surface area contributed by atoms with Gasteiger partial charge in [-0.15, -0.1) is 0 Å². The second-order valence-corrected chi connectivity index (χ2v) is 4.47. The Morgan fingerprint density at radius 3 is 2.88 bits per heavy atom. The topological polar surface area (TPSA) is 29.5 Å². The third-order valence-corrected chi connectivity index (χ3v) is 3.38. The Hall–Kier alpha value is -1.23. The van der Waals surface area contributed by atoms with Gasteiger partial charge in [-0.05, 0) is 17.7 Å². The minimum atomic E-state index is -0.401. The van der Waals surface area contributed by atoms with Crippen molar-refractivity contribution in [2.75, 3.05) is 24.3 Å². The van der Waals surface area contributed by atoms with Gasteiger partial charge in [0.15, 0.2) is 0 Å². The summed E-state index contributed by atoms with van der Waals surface area (Å²) in [4.78, 5) is 13.4. The zero-order chi connectivity index (χ0) is 12.4. The van der Waals surface area contributed by atoms with Gasteiger partial charge in [0.05, 0.1) is 12.8 Å². The number of nitrogens with zero attached hydrogens (tertiary/aromatic N) is 1. The van der Waals surface area contributed by atoms with Crippen molar-refractivity contribution in [2.24, 2.45) is 5.92 Å². The average molecular weight is 255 g/mol. The van der Waals surface area contributed by atoms with Crippen molar-refractivity contribution in [3.8, 4) is 5.75 Å². The van der Waals surface area contributed by atoms with Gasteiger partial charge in [-0.3, -0.25) is 4.79 Å². The molecule has 1 unspecified atom stereocenters. The first-order valence-electron chi connectivity index (χ1n) is 5.40. The molecule has 0 aliphatic carbocycles. The first-order valence-corrected chi connectivity index (χ1v) is 6.03. The Bertz CT molecular complexity index is 439. The number of thiol groups is 1. The van der Waals surface area contributed by atoms with Crippen molar-refractivity contribution in [3.63, 3.8) is 0 Å². The summed E-state index contributed by atoms with van der Waals surface area (Å²) in [5.41, 5.74) is 0.552. The van der Waals surface area contributed by atoms with E-state index in [1.54, 1.807) is 11.0 Å². The molecular weight excluding hydrogens is 241 g/mol. The fourth-order valence-electron chi connectivity index (χ4n) is 1.98. The van der Waals surface area contributed by atoms with E-state index in [9.17, 15) is 9.18 Å². The Morgan fingerprint density at radius 2 is 2.29 bits per heavy atom. The molecular formula is C12H14FNO2S. The van der Waals surface area contributed by atoms with Gasteiger partial charge in [0, 0.05) is 25.1 Å². The second-order valence-electron chi connectivity index (χ2n) is 4.11. The molecule has 1 aromatic rings. The molecule has 1 atom stereocenters. The number of methoxy groups -OCH3 is 1. The lowest BCUT2D eigenvalue weighted by Crippen LogP contribution is -2.24. The fourth-order valence-corrected chi connectivity index (χ4v) is 2.22. The lowest BCUT2D eigenvalue weighted by Gasteiger charge is -2.17. The van der Waals surface area contributed by atoms with Gasteiger partial charge < -0.3 is 9.64 Å². The van der Waals surface area contributed by atoms with E-state index < -0.39 is 5.82 Å². The monoisotopic (exact) mass is 255 g/mol. The van der Waals surface area contributed by atoms with Crippen LogP contribution in [0.5, 0.6) is 5.75 Å². The number of carbonyl (C=O) groups is 1. The number of carbonyl (C=O) groups excluding carboxylic acids is 1. The molecule has 5 heteroatoms. The zero-order valence-electron chi connectivity index (χ0n) is 9.52. The van der Waals surface area contributed by atoms with Crippen LogP contribution in [-0.2, 0) is 4.79 Å². The van der Waals surface area contributed by atoms with E-state index in [0.29, 0.717) is 30.2 Å². The number of halogens is 1. The number of rotatable bonds is 3. The summed E-state index contributed by atoms with van der Waals surface area (Å²) in [6, 6.07) is 4.31. The predicted octanol–water partition coefficient (Wildman–Crippen LogP) is 2.12. The van der Waals surface area contributed by atoms with E-state index in [4.69, 9.17) is 4.74 Å². The van der Waals surface area contributed by atoms with E-state index in [2.05, 4.69) is 12.6 Å². The zero-order valence-corrected chi connectivity index (χ0v) is 10.4. The maximum atomic E-state index is 13.3. The van der Waals surface area contributed by atoms with Crippen molar-refractivity contribution >= 4 is 24.2 Å². The van der Waals surface area contributed by atoms with Gasteiger partial charge in [0.25, 0.3) is 0 Å². The molecule has 0 spiro atoms. The number of amides is 1. The van der Waals surface area contributed by atoms with Crippen molar-refractivity contribution in [1.82, 2.24) is 0 Å². The molecule has 1 aliphatic rings. The number of hydrogen-bond donors (Lipinski definition) is 1. The van der Waals surface area contributed by atoms with Crippen LogP contribution in [-0.4, -0.2) is 25.3 Å². The van der Waals surface area contributed by atoms with Crippen LogP contribution >= 0.6 is 12.6 Å². The molecule has 1 fully saturated rings. The summed E-state index contributed by atoms with van der Waals surface area (Å²) in [7, 11) is 1.47. The van der Waals surface area contributed by atoms with E-state index in [0.717, 1.165) is 0 Å². The lowest BCUT2D eigenvalue weighted by atomic mass is 10.1. The van der Waals surface area contributed by atoms with E-state index in [1.165, 1.54) is 19.2 Å². The molecule has 1 heterocycles. The Labute approximate surface area is 105 Å². The number of anilines is 1. The maximum Gasteiger partial charge on any atom is 0.227 e. The summed E-state index contributed by atoms with van der Waals surface area (Å²) in [5, 5.41) is 0. The van der Waals surface area contributed by atoms with Crippen molar-refractivity contribution < 1.29 is 13.9 Å². The van der Waals surface area contributed by atoms with Gasteiger partial charge in [-0.25, -0.2) is 4.39 Å². The number of benzene rings is 1. The molecule has 1 saturated heterocycles. The van der Waals surface area contributed by atoms with Crippen LogP contribution in [0, 0.1) is 11.7 Å². The summed E-state index contributed by atoms with van der Waals surface area (Å²) in [6.07, 6.45) is 0.475. The van der Waals surface area contributed by atoms with Gasteiger partial charge in [-0.1, -0.05) is 0 Å². The predicted molar refractivity (Wildman–Crippen MR) is 67.3 cm³/mol. The standard InChI is InChI=1S/C12H14FNO2S/c1-16-11-4-9(13)3-10(5-11)14-6-8(7-17)2-12(14)15/h3-5,8,17H,2,6-7H2,1H3. The largest absolute Gasteiger partial charge is 0.497 e. The van der Waals surface area contributed by atoms with Crippen LogP contribution in [0.4, 0.5) is 10.1 Å².